The van der Waals surface area contributed by atoms with Gasteiger partial charge in [-0.15, -0.1) is 5.10 Å². The van der Waals surface area contributed by atoms with Crippen LogP contribution < -0.4 is 15.2 Å². The van der Waals surface area contributed by atoms with Crippen LogP contribution >= 0.6 is 11.6 Å². The Morgan fingerprint density at radius 3 is 2.68 bits per heavy atom. The summed E-state index contributed by atoms with van der Waals surface area (Å²) in [5.74, 6) is -0.0294. The molecule has 28 heavy (non-hydrogen) atoms. The molecule has 0 saturated carbocycles. The number of fused-ring (bicyclic) bond motifs is 1. The molecule has 0 spiro atoms. The number of hydrogen-bond donors (Lipinski definition) is 3. The van der Waals surface area contributed by atoms with Crippen molar-refractivity contribution in [3.8, 4) is 34.7 Å². The number of nitrogens with zero attached hydrogens (tertiary/aromatic N) is 2. The number of nitriles is 1. The fraction of sp³-hybridized carbons (Fsp3) is 0.100. The van der Waals surface area contributed by atoms with Crippen LogP contribution in [-0.2, 0) is 0 Å². The van der Waals surface area contributed by atoms with Gasteiger partial charge in [-0.1, -0.05) is 29.8 Å². The molecule has 2 heterocycles. The van der Waals surface area contributed by atoms with Crippen LogP contribution in [0.15, 0.2) is 53.9 Å². The molecular weight excluding hydrogens is 380 g/mol. The molecule has 1 aliphatic heterocycles. The second-order valence-corrected chi connectivity index (χ2v) is 6.62. The van der Waals surface area contributed by atoms with E-state index >= 15 is 0 Å². The lowest BCUT2D eigenvalue weighted by Crippen LogP contribution is -2.21. The number of rotatable bonds is 3. The molecule has 2 aromatic carbocycles. The first-order valence-electron chi connectivity index (χ1n) is 8.32. The van der Waals surface area contributed by atoms with Gasteiger partial charge >= 0.3 is 0 Å². The van der Waals surface area contributed by atoms with Crippen molar-refractivity contribution in [3.63, 3.8) is 0 Å². The zero-order chi connectivity index (χ0) is 19.8. The Morgan fingerprint density at radius 2 is 2.04 bits per heavy atom. The van der Waals surface area contributed by atoms with E-state index in [0.29, 0.717) is 27.6 Å². The van der Waals surface area contributed by atoms with Gasteiger partial charge in [0.1, 0.15) is 11.6 Å². The molecule has 140 valence electrons. The van der Waals surface area contributed by atoms with E-state index in [-0.39, 0.29) is 23.1 Å². The predicted molar refractivity (Wildman–Crippen MR) is 103 cm³/mol. The number of hydrogen-bond acceptors (Lipinski definition) is 6. The molecule has 0 bridgehead atoms. The smallest absolute Gasteiger partial charge is 0.244 e. The topological polar surface area (TPSA) is 117 Å². The average molecular weight is 395 g/mol. The van der Waals surface area contributed by atoms with Crippen LogP contribution in [0.5, 0.6) is 17.4 Å². The largest absolute Gasteiger partial charge is 0.504 e. The van der Waals surface area contributed by atoms with Crippen LogP contribution in [0.4, 0.5) is 0 Å². The summed E-state index contributed by atoms with van der Waals surface area (Å²) in [4.78, 5) is 0. The van der Waals surface area contributed by atoms with E-state index in [2.05, 4.69) is 16.3 Å². The summed E-state index contributed by atoms with van der Waals surface area (Å²) in [5, 5.41) is 27.7. The van der Waals surface area contributed by atoms with Crippen LogP contribution in [0.2, 0.25) is 5.02 Å². The van der Waals surface area contributed by atoms with E-state index < -0.39 is 5.92 Å². The van der Waals surface area contributed by atoms with Crippen molar-refractivity contribution in [1.29, 1.82) is 5.26 Å². The van der Waals surface area contributed by atoms with Crippen molar-refractivity contribution in [2.45, 2.75) is 5.92 Å². The van der Waals surface area contributed by atoms with Crippen molar-refractivity contribution in [1.82, 2.24) is 10.2 Å². The summed E-state index contributed by atoms with van der Waals surface area (Å²) >= 11 is 5.99. The van der Waals surface area contributed by atoms with Crippen molar-refractivity contribution < 1.29 is 14.6 Å². The van der Waals surface area contributed by atoms with Crippen molar-refractivity contribution in [3.05, 3.63) is 70.1 Å². The third kappa shape index (κ3) is 2.80. The van der Waals surface area contributed by atoms with Gasteiger partial charge < -0.3 is 20.3 Å². The second-order valence-electron chi connectivity index (χ2n) is 6.18. The Kier molecular flexibility index (Phi) is 4.34. The number of aromatic nitrogens is 2. The van der Waals surface area contributed by atoms with Gasteiger partial charge in [0.25, 0.3) is 0 Å². The molecule has 0 saturated heterocycles. The summed E-state index contributed by atoms with van der Waals surface area (Å²) in [6, 6.07) is 14.3. The Morgan fingerprint density at radius 1 is 1.29 bits per heavy atom. The fourth-order valence-corrected chi connectivity index (χ4v) is 3.43. The van der Waals surface area contributed by atoms with Crippen molar-refractivity contribution in [2.75, 3.05) is 7.11 Å². The molecule has 0 amide bonds. The molecule has 1 aliphatic rings. The molecule has 1 unspecified atom stereocenters. The van der Waals surface area contributed by atoms with Crippen LogP contribution in [-0.4, -0.2) is 22.4 Å². The number of allylic oxidation sites excluding steroid dienone is 1. The highest BCUT2D eigenvalue weighted by Gasteiger charge is 2.35. The minimum absolute atomic E-state index is 0.0236. The zero-order valence-corrected chi connectivity index (χ0v) is 15.5. The summed E-state index contributed by atoms with van der Waals surface area (Å²) in [6.07, 6.45) is 0. The molecule has 3 aromatic rings. The first-order chi connectivity index (χ1) is 13.5. The monoisotopic (exact) mass is 394 g/mol. The van der Waals surface area contributed by atoms with Crippen molar-refractivity contribution >= 4 is 11.6 Å². The number of aromatic hydroxyl groups is 1. The van der Waals surface area contributed by atoms with Crippen LogP contribution in [0.3, 0.4) is 0 Å². The highest BCUT2D eigenvalue weighted by Crippen LogP contribution is 2.46. The average Bonchev–Trinajstić information content (AvgIpc) is 3.10. The molecule has 4 N–H and O–H groups in total. The number of H-pyrrole nitrogens is 1. The van der Waals surface area contributed by atoms with E-state index in [0.717, 1.165) is 5.56 Å². The number of aromatic amines is 1. The van der Waals surface area contributed by atoms with E-state index in [1.165, 1.54) is 7.11 Å². The number of phenols is 1. The third-order valence-corrected chi connectivity index (χ3v) is 4.86. The Bertz CT molecular complexity index is 1130. The zero-order valence-electron chi connectivity index (χ0n) is 14.7. The molecule has 4 rings (SSSR count). The number of nitrogens with one attached hydrogen (secondary N) is 1. The maximum atomic E-state index is 10.2. The van der Waals surface area contributed by atoms with E-state index in [1.807, 2.05) is 12.1 Å². The summed E-state index contributed by atoms with van der Waals surface area (Å²) in [7, 11) is 1.47. The number of phenolic OH excluding ortho intramolecular Hbond substituents is 1. The van der Waals surface area contributed by atoms with Crippen LogP contribution in [0.25, 0.3) is 11.3 Å². The third-order valence-electron chi connectivity index (χ3n) is 4.61. The minimum atomic E-state index is -0.574. The van der Waals surface area contributed by atoms with E-state index in [9.17, 15) is 10.4 Å². The number of halogens is 1. The molecule has 8 heteroatoms. The second kappa shape index (κ2) is 6.83. The van der Waals surface area contributed by atoms with Gasteiger partial charge in [0.2, 0.25) is 11.8 Å². The van der Waals surface area contributed by atoms with Gasteiger partial charge in [0.05, 0.1) is 24.3 Å². The predicted octanol–water partition coefficient (Wildman–Crippen LogP) is 3.66. The fourth-order valence-electron chi connectivity index (χ4n) is 3.30. The lowest BCUT2D eigenvalue weighted by Gasteiger charge is -2.24. The number of nitrogens with two attached hydrogens (primary N) is 1. The maximum absolute atomic E-state index is 10.2. The number of ether oxygens (including phenoxy) is 2. The Hall–Kier alpha value is -3.63. The van der Waals surface area contributed by atoms with Gasteiger partial charge in [-0.25, -0.2) is 0 Å². The first kappa shape index (κ1) is 17.8. The Labute approximate surface area is 165 Å². The molecule has 1 atom stereocenters. The Balaban J connectivity index is 1.93. The summed E-state index contributed by atoms with van der Waals surface area (Å²) in [5.41, 5.74) is 9.00. The highest BCUT2D eigenvalue weighted by atomic mass is 35.5. The minimum Gasteiger partial charge on any atom is -0.504 e. The molecule has 0 radical (unpaired) electrons. The lowest BCUT2D eigenvalue weighted by atomic mass is 9.83. The van der Waals surface area contributed by atoms with E-state index in [1.54, 1.807) is 30.3 Å². The van der Waals surface area contributed by atoms with Crippen molar-refractivity contribution in [2.24, 2.45) is 5.73 Å². The van der Waals surface area contributed by atoms with Crippen LogP contribution in [0.1, 0.15) is 17.0 Å². The van der Waals surface area contributed by atoms with E-state index in [4.69, 9.17) is 26.8 Å². The van der Waals surface area contributed by atoms with Gasteiger partial charge in [0, 0.05) is 10.6 Å². The number of methoxy groups -OCH3 is 1. The normalized spacial score (nSPS) is 15.5. The van der Waals surface area contributed by atoms with Gasteiger partial charge in [0.15, 0.2) is 11.5 Å². The first-order valence-corrected chi connectivity index (χ1v) is 8.70. The quantitative estimate of drug-likeness (QED) is 0.624. The summed E-state index contributed by atoms with van der Waals surface area (Å²) < 4.78 is 10.7. The molecule has 1 aromatic heterocycles. The van der Waals surface area contributed by atoms with Gasteiger partial charge in [-0.3, -0.25) is 5.10 Å². The van der Waals surface area contributed by atoms with Crippen LogP contribution in [0, 0.1) is 11.3 Å². The molecular formula is C20H15ClN4O3. The number of benzene rings is 2. The standard InChI is InChI=1S/C20H15ClN4O3/c1-27-15-7-4-11(8-14(15)26)16-13(9-22)19(23)28-20-17(16)18(24-25-20)10-2-5-12(21)6-3-10/h2-8,16,26H,23H2,1H3,(H,24,25). The lowest BCUT2D eigenvalue weighted by molar-refractivity contribution is 0.371. The SMILES string of the molecule is COc1ccc(C2C(C#N)=C(N)Oc3n[nH]c(-c4ccc(Cl)cc4)c32)cc1O. The van der Waals surface area contributed by atoms with Gasteiger partial charge in [-0.05, 0) is 29.8 Å². The molecule has 0 aliphatic carbocycles. The van der Waals surface area contributed by atoms with Gasteiger partial charge in [-0.2, -0.15) is 5.26 Å². The molecule has 0 fully saturated rings. The maximum Gasteiger partial charge on any atom is 0.244 e. The molecule has 7 nitrogen and oxygen atoms in total. The summed E-state index contributed by atoms with van der Waals surface area (Å²) in [6.45, 7) is 0. The highest BCUT2D eigenvalue weighted by molar-refractivity contribution is 6.30.